The Kier molecular flexibility index (Phi) is 6.92. The SMILES string of the molecule is CC(=O)O[C@@H]1CC[C@]2(C)C3=CC[C@]4(C)[C@@H]([C@H](C)CC[C@H](C)C(C)C)CC[C@H]4[C@H]3CC[C@H]2C1. The number of carbonyl (C=O) groups excluding carboxylic acids is 1. The van der Waals surface area contributed by atoms with Crippen LogP contribution in [0, 0.1) is 52.3 Å². The molecule has 182 valence electrons. The maximum atomic E-state index is 11.5. The second-order valence-electron chi connectivity index (χ2n) is 13.2. The summed E-state index contributed by atoms with van der Waals surface area (Å²) in [7, 11) is 0. The van der Waals surface area contributed by atoms with Crippen molar-refractivity contribution in [1.82, 2.24) is 0 Å². The van der Waals surface area contributed by atoms with Gasteiger partial charge in [0, 0.05) is 6.92 Å². The molecular weight excluding hydrogens is 392 g/mol. The zero-order valence-electron chi connectivity index (χ0n) is 22.1. The van der Waals surface area contributed by atoms with E-state index in [0.29, 0.717) is 16.7 Å². The monoisotopic (exact) mass is 442 g/mol. The molecule has 0 aromatic heterocycles. The quantitative estimate of drug-likeness (QED) is 0.306. The van der Waals surface area contributed by atoms with Crippen LogP contribution < -0.4 is 0 Å². The minimum atomic E-state index is -0.103. The number of allylic oxidation sites excluding steroid dienone is 2. The first kappa shape index (κ1) is 24.3. The van der Waals surface area contributed by atoms with E-state index in [-0.39, 0.29) is 12.1 Å². The summed E-state index contributed by atoms with van der Waals surface area (Å²) >= 11 is 0. The molecule has 0 spiro atoms. The fourth-order valence-electron chi connectivity index (χ4n) is 8.86. The van der Waals surface area contributed by atoms with Crippen LogP contribution in [0.5, 0.6) is 0 Å². The number of hydrogen-bond acceptors (Lipinski definition) is 2. The lowest BCUT2D eigenvalue weighted by Crippen LogP contribution is -2.49. The van der Waals surface area contributed by atoms with Gasteiger partial charge in [0.1, 0.15) is 6.10 Å². The molecular formula is C30H50O2. The molecule has 9 atom stereocenters. The Morgan fingerprint density at radius 1 is 1.06 bits per heavy atom. The number of rotatable bonds is 6. The molecule has 4 rings (SSSR count). The van der Waals surface area contributed by atoms with Gasteiger partial charge in [0.25, 0.3) is 0 Å². The zero-order valence-corrected chi connectivity index (χ0v) is 22.1. The van der Waals surface area contributed by atoms with Gasteiger partial charge >= 0.3 is 5.97 Å². The molecule has 32 heavy (non-hydrogen) atoms. The van der Waals surface area contributed by atoms with Crippen LogP contribution in [0.3, 0.4) is 0 Å². The van der Waals surface area contributed by atoms with Crippen LogP contribution in [0.2, 0.25) is 0 Å². The molecule has 0 heterocycles. The van der Waals surface area contributed by atoms with Gasteiger partial charge in [0.15, 0.2) is 0 Å². The number of fused-ring (bicyclic) bond motifs is 5. The standard InChI is InChI=1S/C30H50O2/c1-19(2)20(3)8-9-21(4)26-12-13-27-25-11-10-23-18-24(32-22(5)31)14-16-29(23,6)28(25)15-17-30(26,27)7/h15,19-21,23-27H,8-14,16-18H2,1-7H3/t20-,21+,23-,24+,25+,26+,27-,29-,30+/m0/s1. The molecule has 0 N–H and O–H groups in total. The minimum absolute atomic E-state index is 0.103. The fraction of sp³-hybridized carbons (Fsp3) is 0.900. The van der Waals surface area contributed by atoms with E-state index in [1.165, 1.54) is 51.4 Å². The average Bonchev–Trinajstić information content (AvgIpc) is 3.08. The number of ether oxygens (including phenoxy) is 1. The highest BCUT2D eigenvalue weighted by molar-refractivity contribution is 5.66. The summed E-state index contributed by atoms with van der Waals surface area (Å²) < 4.78 is 5.64. The third kappa shape index (κ3) is 4.22. The molecule has 0 unspecified atom stereocenters. The van der Waals surface area contributed by atoms with Gasteiger partial charge in [0.2, 0.25) is 0 Å². The Morgan fingerprint density at radius 2 is 1.81 bits per heavy atom. The normalized spacial score (nSPS) is 43.0. The Bertz CT molecular complexity index is 722. The number of esters is 1. The summed E-state index contributed by atoms with van der Waals surface area (Å²) in [5.41, 5.74) is 2.67. The summed E-state index contributed by atoms with van der Waals surface area (Å²) in [6.45, 7) is 16.6. The molecule has 0 aromatic rings. The predicted molar refractivity (Wildman–Crippen MR) is 133 cm³/mol. The molecule has 4 aliphatic carbocycles. The Labute approximate surface area is 198 Å². The topological polar surface area (TPSA) is 26.3 Å². The second-order valence-corrected chi connectivity index (χ2v) is 13.2. The van der Waals surface area contributed by atoms with Gasteiger partial charge in [0.05, 0.1) is 0 Å². The molecule has 0 radical (unpaired) electrons. The van der Waals surface area contributed by atoms with Gasteiger partial charge in [-0.25, -0.2) is 0 Å². The van der Waals surface area contributed by atoms with Crippen molar-refractivity contribution >= 4 is 5.97 Å². The van der Waals surface area contributed by atoms with Gasteiger partial charge < -0.3 is 4.74 Å². The third-order valence-electron chi connectivity index (χ3n) is 11.3. The lowest BCUT2D eigenvalue weighted by Gasteiger charge is -2.57. The summed E-state index contributed by atoms with van der Waals surface area (Å²) in [4.78, 5) is 11.5. The lowest BCUT2D eigenvalue weighted by molar-refractivity contribution is -0.151. The predicted octanol–water partition coefficient (Wildman–Crippen LogP) is 8.21. The third-order valence-corrected chi connectivity index (χ3v) is 11.3. The van der Waals surface area contributed by atoms with Gasteiger partial charge in [-0.05, 0) is 104 Å². The molecule has 3 fully saturated rings. The van der Waals surface area contributed by atoms with Crippen LogP contribution >= 0.6 is 0 Å². The Hall–Kier alpha value is -0.790. The fourth-order valence-corrected chi connectivity index (χ4v) is 8.86. The molecule has 0 bridgehead atoms. The minimum Gasteiger partial charge on any atom is -0.463 e. The Balaban J connectivity index is 1.48. The highest BCUT2D eigenvalue weighted by Gasteiger charge is 2.57. The number of hydrogen-bond donors (Lipinski definition) is 0. The van der Waals surface area contributed by atoms with E-state index in [1.807, 2.05) is 5.57 Å². The largest absolute Gasteiger partial charge is 0.463 e. The van der Waals surface area contributed by atoms with Crippen molar-refractivity contribution in [3.05, 3.63) is 11.6 Å². The molecule has 2 heteroatoms. The van der Waals surface area contributed by atoms with E-state index in [1.54, 1.807) is 6.92 Å². The van der Waals surface area contributed by atoms with Crippen LogP contribution in [0.15, 0.2) is 11.6 Å². The van der Waals surface area contributed by atoms with Crippen molar-refractivity contribution in [2.45, 2.75) is 119 Å². The van der Waals surface area contributed by atoms with Crippen molar-refractivity contribution in [3.63, 3.8) is 0 Å². The van der Waals surface area contributed by atoms with Crippen molar-refractivity contribution < 1.29 is 9.53 Å². The van der Waals surface area contributed by atoms with Gasteiger partial charge in [-0.15, -0.1) is 0 Å². The van der Waals surface area contributed by atoms with Crippen LogP contribution in [0.1, 0.15) is 113 Å². The van der Waals surface area contributed by atoms with E-state index in [0.717, 1.165) is 48.3 Å². The molecule has 0 aromatic carbocycles. The van der Waals surface area contributed by atoms with Crippen molar-refractivity contribution in [3.8, 4) is 0 Å². The highest BCUT2D eigenvalue weighted by Crippen LogP contribution is 2.66. The van der Waals surface area contributed by atoms with Crippen LogP contribution in [0.25, 0.3) is 0 Å². The maximum Gasteiger partial charge on any atom is 0.302 e. The number of carbonyl (C=O) groups is 1. The molecule has 0 amide bonds. The zero-order chi connectivity index (χ0) is 23.3. The first-order valence-electron chi connectivity index (χ1n) is 13.9. The molecule has 0 saturated heterocycles. The summed E-state index contributed by atoms with van der Waals surface area (Å²) in [5, 5.41) is 0. The van der Waals surface area contributed by atoms with Crippen LogP contribution in [-0.2, 0) is 9.53 Å². The van der Waals surface area contributed by atoms with Gasteiger partial charge in [-0.3, -0.25) is 4.79 Å². The second kappa shape index (κ2) is 9.10. The van der Waals surface area contributed by atoms with Crippen molar-refractivity contribution in [2.75, 3.05) is 0 Å². The molecule has 3 saturated carbocycles. The maximum absolute atomic E-state index is 11.5. The van der Waals surface area contributed by atoms with Gasteiger partial charge in [-0.1, -0.05) is 66.0 Å². The molecule has 4 aliphatic rings. The molecule has 2 nitrogen and oxygen atoms in total. The van der Waals surface area contributed by atoms with Gasteiger partial charge in [-0.2, -0.15) is 0 Å². The van der Waals surface area contributed by atoms with E-state index >= 15 is 0 Å². The summed E-state index contributed by atoms with van der Waals surface area (Å²) in [6.07, 6.45) is 15.9. The van der Waals surface area contributed by atoms with E-state index in [9.17, 15) is 4.79 Å². The first-order valence-corrected chi connectivity index (χ1v) is 13.9. The summed E-state index contributed by atoms with van der Waals surface area (Å²) in [5.74, 6) is 5.70. The van der Waals surface area contributed by atoms with Crippen LogP contribution in [-0.4, -0.2) is 12.1 Å². The lowest BCUT2D eigenvalue weighted by atomic mass is 9.48. The average molecular weight is 443 g/mol. The van der Waals surface area contributed by atoms with Crippen molar-refractivity contribution in [1.29, 1.82) is 0 Å². The summed E-state index contributed by atoms with van der Waals surface area (Å²) in [6, 6.07) is 0. The van der Waals surface area contributed by atoms with E-state index in [4.69, 9.17) is 4.74 Å². The Morgan fingerprint density at radius 3 is 2.50 bits per heavy atom. The first-order chi connectivity index (χ1) is 15.1. The van der Waals surface area contributed by atoms with Crippen molar-refractivity contribution in [2.24, 2.45) is 52.3 Å². The molecule has 0 aliphatic heterocycles. The highest BCUT2D eigenvalue weighted by atomic mass is 16.5. The smallest absolute Gasteiger partial charge is 0.302 e. The van der Waals surface area contributed by atoms with Crippen LogP contribution in [0.4, 0.5) is 0 Å². The van der Waals surface area contributed by atoms with E-state index < -0.39 is 0 Å². The van der Waals surface area contributed by atoms with E-state index in [2.05, 4.69) is 47.6 Å².